The Morgan fingerprint density at radius 3 is 2.73 bits per heavy atom. The average Bonchev–Trinajstić information content (AvgIpc) is 3.48. The van der Waals surface area contributed by atoms with Gasteiger partial charge in [0.25, 0.3) is 0 Å². The van der Waals surface area contributed by atoms with Gasteiger partial charge in [-0.25, -0.2) is 4.39 Å². The van der Waals surface area contributed by atoms with E-state index in [4.69, 9.17) is 21.4 Å². The second kappa shape index (κ2) is 10.3. The Kier molecular flexibility index (Phi) is 6.94. The largest absolute Gasteiger partial charge is 0.495 e. The summed E-state index contributed by atoms with van der Waals surface area (Å²) in [6.07, 6.45) is 1.73. The molecule has 1 amide bonds. The fourth-order valence-electron chi connectivity index (χ4n) is 4.40. The van der Waals surface area contributed by atoms with Gasteiger partial charge in [0.2, 0.25) is 5.91 Å². The second-order valence-electron chi connectivity index (χ2n) is 8.39. The number of carbonyl (C=O) groups is 1. The molecule has 0 bridgehead atoms. The predicted molar refractivity (Wildman–Crippen MR) is 147 cm³/mol. The van der Waals surface area contributed by atoms with Crippen molar-refractivity contribution in [2.45, 2.75) is 19.0 Å². The van der Waals surface area contributed by atoms with Crippen molar-refractivity contribution in [2.75, 3.05) is 17.3 Å². The molecule has 0 saturated carbocycles. The third kappa shape index (κ3) is 4.94. The van der Waals surface area contributed by atoms with Crippen molar-refractivity contribution >= 4 is 50.5 Å². The lowest BCUT2D eigenvalue weighted by Gasteiger charge is -2.27. The van der Waals surface area contributed by atoms with Crippen LogP contribution >= 0.6 is 28.1 Å². The van der Waals surface area contributed by atoms with E-state index in [1.807, 2.05) is 47.4 Å². The molecule has 0 aliphatic carbocycles. The van der Waals surface area contributed by atoms with Crippen molar-refractivity contribution in [2.24, 2.45) is 0 Å². The molecule has 37 heavy (non-hydrogen) atoms. The molecule has 1 saturated heterocycles. The summed E-state index contributed by atoms with van der Waals surface area (Å²) in [6, 6.07) is 18.6. The van der Waals surface area contributed by atoms with Crippen LogP contribution in [0.2, 0.25) is 0 Å². The Balaban J connectivity index is 1.61. The fraction of sp³-hybridized carbons (Fsp3) is 0.148. The maximum atomic E-state index is 13.7. The molecule has 1 aliphatic rings. The van der Waals surface area contributed by atoms with E-state index in [1.165, 1.54) is 19.1 Å². The molecule has 188 valence electrons. The first-order valence-electron chi connectivity index (χ1n) is 11.4. The minimum Gasteiger partial charge on any atom is -0.495 e. The van der Waals surface area contributed by atoms with Crippen molar-refractivity contribution in [1.82, 2.24) is 10.3 Å². The molecule has 10 heteroatoms. The fourth-order valence-corrected chi connectivity index (χ4v) is 5.29. The normalized spacial score (nSPS) is 17.0. The minimum absolute atomic E-state index is 0.221. The third-order valence-corrected chi connectivity index (χ3v) is 6.96. The molecule has 4 aromatic rings. The van der Waals surface area contributed by atoms with E-state index in [0.29, 0.717) is 32.5 Å². The number of thiocarbonyl (C=S) groups is 1. The number of anilines is 2. The van der Waals surface area contributed by atoms with Crippen LogP contribution < -0.4 is 20.3 Å². The number of methoxy groups -OCH3 is 1. The van der Waals surface area contributed by atoms with Gasteiger partial charge >= 0.3 is 0 Å². The quantitative estimate of drug-likeness (QED) is 0.256. The standard InChI is InChI=1S/C27H22BrFN4O3S/c1-15(34)31-21-14-17(7-9-23(21)35-2)33-26(25(32-27(33)37)20-5-3-4-12-30-20)24-11-10-22(36-24)18-8-6-16(29)13-19(18)28/h3-14,25-26H,1-2H3,(H,31,34)(H,32,37)/t25-,26+/m0/s1. The maximum Gasteiger partial charge on any atom is 0.221 e. The number of nitrogens with one attached hydrogen (secondary N) is 2. The van der Waals surface area contributed by atoms with Gasteiger partial charge in [-0.2, -0.15) is 0 Å². The first kappa shape index (κ1) is 24.9. The van der Waals surface area contributed by atoms with Gasteiger partial charge < -0.3 is 24.7 Å². The number of furan rings is 1. The van der Waals surface area contributed by atoms with Crippen LogP contribution in [-0.2, 0) is 4.79 Å². The van der Waals surface area contributed by atoms with Gasteiger partial charge in [0, 0.05) is 28.8 Å². The maximum absolute atomic E-state index is 13.7. The van der Waals surface area contributed by atoms with E-state index in [2.05, 4.69) is 31.5 Å². The molecule has 2 atom stereocenters. The summed E-state index contributed by atoms with van der Waals surface area (Å²) in [6.45, 7) is 1.44. The van der Waals surface area contributed by atoms with Gasteiger partial charge in [-0.3, -0.25) is 9.78 Å². The summed E-state index contributed by atoms with van der Waals surface area (Å²) in [5, 5.41) is 6.67. The number of amides is 1. The Bertz CT molecular complexity index is 1480. The zero-order chi connectivity index (χ0) is 26.1. The van der Waals surface area contributed by atoms with Crippen LogP contribution in [0, 0.1) is 5.82 Å². The number of nitrogens with zero attached hydrogens (tertiary/aromatic N) is 2. The Hall–Kier alpha value is -3.76. The lowest BCUT2D eigenvalue weighted by Crippen LogP contribution is -2.29. The first-order valence-corrected chi connectivity index (χ1v) is 12.6. The number of aromatic nitrogens is 1. The van der Waals surface area contributed by atoms with E-state index in [1.54, 1.807) is 25.4 Å². The molecular weight excluding hydrogens is 559 g/mol. The smallest absolute Gasteiger partial charge is 0.221 e. The van der Waals surface area contributed by atoms with Gasteiger partial charge in [-0.1, -0.05) is 6.07 Å². The summed E-state index contributed by atoms with van der Waals surface area (Å²) in [4.78, 5) is 18.3. The van der Waals surface area contributed by atoms with Gasteiger partial charge in [-0.15, -0.1) is 0 Å². The second-order valence-corrected chi connectivity index (χ2v) is 9.63. The highest BCUT2D eigenvalue weighted by atomic mass is 79.9. The summed E-state index contributed by atoms with van der Waals surface area (Å²) < 4.78 is 26.0. The van der Waals surface area contributed by atoms with Gasteiger partial charge in [0.05, 0.1) is 24.5 Å². The number of rotatable bonds is 6. The highest BCUT2D eigenvalue weighted by Crippen LogP contribution is 2.44. The SMILES string of the molecule is COc1ccc(N2C(=S)N[C@@H](c3ccccn3)[C@H]2c2ccc(-c3ccc(F)cc3Br)o2)cc1NC(C)=O. The number of hydrogen-bond acceptors (Lipinski definition) is 5. The van der Waals surface area contributed by atoms with E-state index >= 15 is 0 Å². The van der Waals surface area contributed by atoms with Crippen molar-refractivity contribution in [3.05, 3.63) is 94.7 Å². The van der Waals surface area contributed by atoms with E-state index in [-0.39, 0.29) is 17.8 Å². The number of hydrogen-bond donors (Lipinski definition) is 2. The third-order valence-electron chi connectivity index (χ3n) is 5.98. The predicted octanol–water partition coefficient (Wildman–Crippen LogP) is 6.39. The molecule has 2 aromatic heterocycles. The monoisotopic (exact) mass is 580 g/mol. The molecule has 0 spiro atoms. The lowest BCUT2D eigenvalue weighted by atomic mass is 10.0. The molecule has 1 aliphatic heterocycles. The van der Waals surface area contributed by atoms with E-state index < -0.39 is 6.04 Å². The zero-order valence-corrected chi connectivity index (χ0v) is 22.3. The van der Waals surface area contributed by atoms with Crippen LogP contribution in [-0.4, -0.2) is 23.1 Å². The van der Waals surface area contributed by atoms with Crippen LogP contribution in [0.4, 0.5) is 15.8 Å². The topological polar surface area (TPSA) is 79.6 Å². The van der Waals surface area contributed by atoms with Crippen molar-refractivity contribution < 1.29 is 18.3 Å². The number of carbonyl (C=O) groups excluding carboxylic acids is 1. The average molecular weight is 581 g/mol. The Morgan fingerprint density at radius 2 is 2.03 bits per heavy atom. The molecule has 0 unspecified atom stereocenters. The first-order chi connectivity index (χ1) is 17.9. The van der Waals surface area contributed by atoms with Gasteiger partial charge in [0.15, 0.2) is 5.11 Å². The summed E-state index contributed by atoms with van der Waals surface area (Å²) in [5.74, 6) is 1.17. The van der Waals surface area contributed by atoms with Crippen LogP contribution in [0.1, 0.15) is 30.5 Å². The number of benzene rings is 2. The Labute approximate surface area is 226 Å². The van der Waals surface area contributed by atoms with Gasteiger partial charge in [0.1, 0.15) is 29.1 Å². The number of pyridine rings is 1. The molecular formula is C27H22BrFN4O3S. The van der Waals surface area contributed by atoms with E-state index in [9.17, 15) is 9.18 Å². The van der Waals surface area contributed by atoms with Crippen LogP contribution in [0.5, 0.6) is 5.75 Å². The lowest BCUT2D eigenvalue weighted by molar-refractivity contribution is -0.114. The van der Waals surface area contributed by atoms with Crippen LogP contribution in [0.15, 0.2) is 81.8 Å². The van der Waals surface area contributed by atoms with Crippen LogP contribution in [0.3, 0.4) is 0 Å². The molecule has 7 nitrogen and oxygen atoms in total. The number of halogens is 2. The highest BCUT2D eigenvalue weighted by molar-refractivity contribution is 9.10. The molecule has 0 radical (unpaired) electrons. The molecule has 5 rings (SSSR count). The summed E-state index contributed by atoms with van der Waals surface area (Å²) in [7, 11) is 1.54. The summed E-state index contributed by atoms with van der Waals surface area (Å²) in [5.41, 5.74) is 2.76. The minimum atomic E-state index is -0.408. The van der Waals surface area contributed by atoms with E-state index in [0.717, 1.165) is 16.9 Å². The van der Waals surface area contributed by atoms with Crippen molar-refractivity contribution in [3.8, 4) is 17.1 Å². The van der Waals surface area contributed by atoms with Gasteiger partial charge in [-0.05, 0) is 88.8 Å². The highest BCUT2D eigenvalue weighted by Gasteiger charge is 2.42. The van der Waals surface area contributed by atoms with Crippen molar-refractivity contribution in [1.29, 1.82) is 0 Å². The summed E-state index contributed by atoms with van der Waals surface area (Å²) >= 11 is 9.21. The molecule has 1 fully saturated rings. The van der Waals surface area contributed by atoms with Crippen LogP contribution in [0.25, 0.3) is 11.3 Å². The molecule has 2 N–H and O–H groups in total. The number of ether oxygens (including phenoxy) is 1. The molecule has 2 aromatic carbocycles. The molecule has 3 heterocycles. The zero-order valence-electron chi connectivity index (χ0n) is 19.9. The van der Waals surface area contributed by atoms with Crippen molar-refractivity contribution in [3.63, 3.8) is 0 Å². The Morgan fingerprint density at radius 1 is 1.19 bits per heavy atom.